The van der Waals surface area contributed by atoms with Gasteiger partial charge in [0.15, 0.2) is 0 Å². The van der Waals surface area contributed by atoms with Crippen LogP contribution in [0.4, 0.5) is 0 Å². The summed E-state index contributed by atoms with van der Waals surface area (Å²) in [5, 5.41) is 9.72. The van der Waals surface area contributed by atoms with Crippen molar-refractivity contribution in [2.45, 2.75) is 18.4 Å². The number of pyridine rings is 1. The van der Waals surface area contributed by atoms with Crippen molar-refractivity contribution < 1.29 is 9.84 Å². The Labute approximate surface area is 71.0 Å². The first kappa shape index (κ1) is 7.55. The zero-order valence-electron chi connectivity index (χ0n) is 6.95. The van der Waals surface area contributed by atoms with Crippen LogP contribution in [0.25, 0.3) is 0 Å². The molecule has 3 heteroatoms. The highest BCUT2D eigenvalue weighted by atomic mass is 16.5. The minimum absolute atomic E-state index is 0.610. The Balaban J connectivity index is 2.32. The molecule has 1 fully saturated rings. The number of aliphatic hydroxyl groups is 1. The van der Waals surface area contributed by atoms with Crippen LogP contribution >= 0.6 is 0 Å². The Morgan fingerprint density at radius 3 is 2.83 bits per heavy atom. The molecular weight excluding hydrogens is 154 g/mol. The molecule has 0 radical (unpaired) electrons. The van der Waals surface area contributed by atoms with Gasteiger partial charge in [-0.15, -0.1) is 0 Å². The van der Waals surface area contributed by atoms with Crippen molar-refractivity contribution in [2.24, 2.45) is 0 Å². The second kappa shape index (κ2) is 2.45. The average Bonchev–Trinajstić information content (AvgIpc) is 2.85. The van der Waals surface area contributed by atoms with Crippen LogP contribution in [0.2, 0.25) is 0 Å². The maximum atomic E-state index is 9.72. The predicted molar refractivity (Wildman–Crippen MR) is 43.9 cm³/mol. The van der Waals surface area contributed by atoms with Crippen LogP contribution in [0.1, 0.15) is 18.4 Å². The number of aromatic nitrogens is 1. The smallest absolute Gasteiger partial charge is 0.137 e. The van der Waals surface area contributed by atoms with Gasteiger partial charge in [0.2, 0.25) is 0 Å². The normalized spacial score (nSPS) is 18.8. The lowest BCUT2D eigenvalue weighted by molar-refractivity contribution is 0.150. The lowest BCUT2D eigenvalue weighted by atomic mass is 10.1. The van der Waals surface area contributed by atoms with Gasteiger partial charge in [-0.05, 0) is 18.9 Å². The number of ether oxygens (including phenoxy) is 1. The minimum atomic E-state index is -0.610. The molecule has 0 saturated heterocycles. The van der Waals surface area contributed by atoms with E-state index in [4.69, 9.17) is 4.74 Å². The van der Waals surface area contributed by atoms with Crippen molar-refractivity contribution in [3.05, 3.63) is 24.0 Å². The predicted octanol–water partition coefficient (Wildman–Crippen LogP) is 1.07. The van der Waals surface area contributed by atoms with E-state index in [1.807, 2.05) is 6.07 Å². The fourth-order valence-electron chi connectivity index (χ4n) is 1.19. The zero-order valence-corrected chi connectivity index (χ0v) is 6.95. The Hall–Kier alpha value is -1.09. The van der Waals surface area contributed by atoms with E-state index in [1.54, 1.807) is 19.5 Å². The molecular formula is C9H11NO2. The molecule has 0 atom stereocenters. The molecule has 1 aliphatic carbocycles. The third kappa shape index (κ3) is 1.16. The molecule has 1 saturated carbocycles. The highest BCUT2D eigenvalue weighted by molar-refractivity contribution is 5.31. The van der Waals surface area contributed by atoms with Crippen LogP contribution < -0.4 is 4.74 Å². The van der Waals surface area contributed by atoms with Gasteiger partial charge in [0.25, 0.3) is 0 Å². The standard InChI is InChI=1S/C9H11NO2/c1-12-8-4-7(5-10-6-8)9(11)2-3-9/h4-6,11H,2-3H2,1H3. The highest BCUT2D eigenvalue weighted by Crippen LogP contribution is 2.45. The van der Waals surface area contributed by atoms with Gasteiger partial charge in [-0.3, -0.25) is 4.98 Å². The van der Waals surface area contributed by atoms with Crippen LogP contribution in [0, 0.1) is 0 Å². The summed E-state index contributed by atoms with van der Waals surface area (Å²) in [7, 11) is 1.59. The number of hydrogen-bond acceptors (Lipinski definition) is 3. The van der Waals surface area contributed by atoms with E-state index in [2.05, 4.69) is 4.98 Å². The van der Waals surface area contributed by atoms with Crippen LogP contribution in [-0.4, -0.2) is 17.2 Å². The first-order valence-corrected chi connectivity index (χ1v) is 3.96. The van der Waals surface area contributed by atoms with Crippen molar-refractivity contribution in [3.8, 4) is 5.75 Å². The quantitative estimate of drug-likeness (QED) is 0.712. The summed E-state index contributed by atoms with van der Waals surface area (Å²) in [6, 6.07) is 1.83. The Morgan fingerprint density at radius 1 is 1.50 bits per heavy atom. The Morgan fingerprint density at radius 2 is 2.25 bits per heavy atom. The molecule has 3 nitrogen and oxygen atoms in total. The third-order valence-electron chi connectivity index (χ3n) is 2.21. The van der Waals surface area contributed by atoms with Crippen LogP contribution in [0.5, 0.6) is 5.75 Å². The molecule has 1 aromatic heterocycles. The summed E-state index contributed by atoms with van der Waals surface area (Å²) < 4.78 is 5.00. The first-order valence-electron chi connectivity index (χ1n) is 3.96. The maximum Gasteiger partial charge on any atom is 0.137 e. The number of nitrogens with zero attached hydrogens (tertiary/aromatic N) is 1. The molecule has 1 aliphatic rings. The number of rotatable bonds is 2. The fourth-order valence-corrected chi connectivity index (χ4v) is 1.19. The van der Waals surface area contributed by atoms with Crippen LogP contribution in [0.15, 0.2) is 18.5 Å². The van der Waals surface area contributed by atoms with Gasteiger partial charge in [0.05, 0.1) is 18.9 Å². The Bertz CT molecular complexity index is 294. The monoisotopic (exact) mass is 165 g/mol. The Kier molecular flexibility index (Phi) is 1.54. The van der Waals surface area contributed by atoms with Crippen molar-refractivity contribution in [1.29, 1.82) is 0 Å². The summed E-state index contributed by atoms with van der Waals surface area (Å²) in [5.74, 6) is 0.702. The molecule has 0 unspecified atom stereocenters. The fraction of sp³-hybridized carbons (Fsp3) is 0.444. The molecule has 12 heavy (non-hydrogen) atoms. The van der Waals surface area contributed by atoms with E-state index < -0.39 is 5.60 Å². The maximum absolute atomic E-state index is 9.72. The van der Waals surface area contributed by atoms with Crippen molar-refractivity contribution in [3.63, 3.8) is 0 Å². The second-order valence-corrected chi connectivity index (χ2v) is 3.15. The van der Waals surface area contributed by atoms with Gasteiger partial charge in [0.1, 0.15) is 5.75 Å². The van der Waals surface area contributed by atoms with Crippen LogP contribution in [0.3, 0.4) is 0 Å². The number of hydrogen-bond donors (Lipinski definition) is 1. The van der Waals surface area contributed by atoms with Gasteiger partial charge < -0.3 is 9.84 Å². The molecule has 0 amide bonds. The summed E-state index contributed by atoms with van der Waals surface area (Å²) >= 11 is 0. The lowest BCUT2D eigenvalue weighted by Crippen LogP contribution is -2.04. The highest BCUT2D eigenvalue weighted by Gasteiger charge is 2.42. The summed E-state index contributed by atoms with van der Waals surface area (Å²) in [4.78, 5) is 3.98. The van der Waals surface area contributed by atoms with Gasteiger partial charge in [-0.2, -0.15) is 0 Å². The molecule has 1 heterocycles. The van der Waals surface area contributed by atoms with E-state index in [1.165, 1.54) is 0 Å². The molecule has 0 aromatic carbocycles. The van der Waals surface area contributed by atoms with Crippen LogP contribution in [-0.2, 0) is 5.60 Å². The van der Waals surface area contributed by atoms with E-state index >= 15 is 0 Å². The van der Waals surface area contributed by atoms with E-state index in [-0.39, 0.29) is 0 Å². The van der Waals surface area contributed by atoms with Gasteiger partial charge in [-0.25, -0.2) is 0 Å². The molecule has 64 valence electrons. The third-order valence-corrected chi connectivity index (χ3v) is 2.21. The second-order valence-electron chi connectivity index (χ2n) is 3.15. The van der Waals surface area contributed by atoms with E-state index in [0.717, 1.165) is 18.4 Å². The average molecular weight is 165 g/mol. The molecule has 0 aliphatic heterocycles. The SMILES string of the molecule is COc1cncc(C2(O)CC2)c1. The summed E-state index contributed by atoms with van der Waals surface area (Å²) in [6.07, 6.45) is 4.99. The first-order chi connectivity index (χ1) is 5.74. The molecule has 0 spiro atoms. The van der Waals surface area contributed by atoms with E-state index in [0.29, 0.717) is 5.75 Å². The number of methoxy groups -OCH3 is 1. The molecule has 0 bridgehead atoms. The van der Waals surface area contributed by atoms with Gasteiger partial charge in [0, 0.05) is 11.8 Å². The van der Waals surface area contributed by atoms with Gasteiger partial charge in [-0.1, -0.05) is 0 Å². The molecule has 1 N–H and O–H groups in total. The largest absolute Gasteiger partial charge is 0.495 e. The lowest BCUT2D eigenvalue weighted by Gasteiger charge is -2.07. The summed E-state index contributed by atoms with van der Waals surface area (Å²) in [6.45, 7) is 0. The zero-order chi connectivity index (χ0) is 8.60. The van der Waals surface area contributed by atoms with Crippen molar-refractivity contribution >= 4 is 0 Å². The van der Waals surface area contributed by atoms with Crippen molar-refractivity contribution in [2.75, 3.05) is 7.11 Å². The van der Waals surface area contributed by atoms with E-state index in [9.17, 15) is 5.11 Å². The topological polar surface area (TPSA) is 42.4 Å². The van der Waals surface area contributed by atoms with Gasteiger partial charge >= 0.3 is 0 Å². The molecule has 2 rings (SSSR count). The molecule has 1 aromatic rings. The van der Waals surface area contributed by atoms with Crippen molar-refractivity contribution in [1.82, 2.24) is 4.98 Å². The summed E-state index contributed by atoms with van der Waals surface area (Å²) in [5.41, 5.74) is 0.253. The minimum Gasteiger partial charge on any atom is -0.495 e.